The van der Waals surface area contributed by atoms with Crippen molar-refractivity contribution in [3.63, 3.8) is 0 Å². The fraction of sp³-hybridized carbons (Fsp3) is 0.353. The number of aromatic amines is 2. The molecule has 0 spiro atoms. The van der Waals surface area contributed by atoms with Crippen LogP contribution in [-0.4, -0.2) is 42.1 Å². The van der Waals surface area contributed by atoms with Crippen LogP contribution < -0.4 is 0 Å². The molecule has 0 atom stereocenters. The van der Waals surface area contributed by atoms with Crippen molar-refractivity contribution in [1.82, 2.24) is 19.9 Å². The molecule has 8 heteroatoms. The van der Waals surface area contributed by atoms with E-state index in [9.17, 15) is 19.8 Å². The minimum Gasteiger partial charge on any atom is -0.481 e. The molecule has 0 unspecified atom stereocenters. The summed E-state index contributed by atoms with van der Waals surface area (Å²) in [4.78, 5) is 40.3. The number of nitrogens with one attached hydrogen (secondary N) is 2. The SMILES string of the molecule is CCc1c(C)c2cc3nc(cc4[nH]c(cc5nc(cc1[nH]2)C(C)=C5CCC(=O)O)c(C)c4CC)C(C)=C3CCC(=O)O. The van der Waals surface area contributed by atoms with Gasteiger partial charge in [0.15, 0.2) is 0 Å². The van der Waals surface area contributed by atoms with E-state index in [1.54, 1.807) is 0 Å². The standard InChI is InChI=1S/C34H38N4O4/c1-7-21-17(3)25-15-31-24(10-12-34(41)42)20(6)28(38-31)14-30-22(8-2)18(4)26(36-30)16-32-23(9-11-33(39)40)19(5)27(37-32)13-29(21)35-25/h13-16,35-36H,7-12H2,1-6H3,(H,39,40)(H,41,42). The lowest BCUT2D eigenvalue weighted by molar-refractivity contribution is -0.137. The van der Waals surface area contributed by atoms with E-state index in [1.807, 2.05) is 26.0 Å². The van der Waals surface area contributed by atoms with Gasteiger partial charge in [-0.3, -0.25) is 9.59 Å². The molecule has 8 nitrogen and oxygen atoms in total. The Morgan fingerprint density at radius 3 is 1.31 bits per heavy atom. The molecule has 0 radical (unpaired) electrons. The summed E-state index contributed by atoms with van der Waals surface area (Å²) in [6.07, 6.45) is 2.49. The highest BCUT2D eigenvalue weighted by molar-refractivity contribution is 5.95. The predicted octanol–water partition coefficient (Wildman–Crippen LogP) is 7.65. The molecule has 5 heterocycles. The van der Waals surface area contributed by atoms with Crippen molar-refractivity contribution in [3.05, 3.63) is 69.3 Å². The Bertz CT molecular complexity index is 1720. The topological polar surface area (TPSA) is 132 Å². The molecular formula is C34H38N4O4. The highest BCUT2D eigenvalue weighted by Crippen LogP contribution is 2.37. The van der Waals surface area contributed by atoms with Gasteiger partial charge in [0, 0.05) is 34.9 Å². The van der Waals surface area contributed by atoms with E-state index >= 15 is 0 Å². The minimum absolute atomic E-state index is 0.0327. The Balaban J connectivity index is 1.91. The first kappa shape index (κ1) is 29.0. The molecule has 0 amide bonds. The third-order valence-corrected chi connectivity index (χ3v) is 8.69. The first-order valence-corrected chi connectivity index (χ1v) is 14.6. The lowest BCUT2D eigenvalue weighted by Gasteiger charge is -2.02. The zero-order valence-corrected chi connectivity index (χ0v) is 25.2. The van der Waals surface area contributed by atoms with Crippen LogP contribution in [0.1, 0.15) is 98.4 Å². The molecular weight excluding hydrogens is 528 g/mol. The zero-order chi connectivity index (χ0) is 30.3. The maximum atomic E-state index is 11.5. The first-order chi connectivity index (χ1) is 20.0. The van der Waals surface area contributed by atoms with Crippen LogP contribution in [0.2, 0.25) is 0 Å². The highest BCUT2D eigenvalue weighted by atomic mass is 16.4. The van der Waals surface area contributed by atoms with E-state index in [0.29, 0.717) is 12.8 Å². The lowest BCUT2D eigenvalue weighted by Crippen LogP contribution is -1.95. The van der Waals surface area contributed by atoms with E-state index < -0.39 is 11.9 Å². The highest BCUT2D eigenvalue weighted by Gasteiger charge is 2.21. The summed E-state index contributed by atoms with van der Waals surface area (Å²) in [5.74, 6) is -1.67. The average molecular weight is 567 g/mol. The number of carboxylic acids is 2. The van der Waals surface area contributed by atoms with Crippen LogP contribution >= 0.6 is 0 Å². The van der Waals surface area contributed by atoms with Gasteiger partial charge in [-0.1, -0.05) is 13.8 Å². The monoisotopic (exact) mass is 566 g/mol. The molecule has 0 aromatic carbocycles. The molecule has 3 aromatic heterocycles. The summed E-state index contributed by atoms with van der Waals surface area (Å²) in [5, 5.41) is 18.9. The largest absolute Gasteiger partial charge is 0.481 e. The van der Waals surface area contributed by atoms with Crippen LogP contribution in [0.15, 0.2) is 24.3 Å². The molecule has 42 heavy (non-hydrogen) atoms. The van der Waals surface area contributed by atoms with Crippen molar-refractivity contribution in [2.45, 2.75) is 80.1 Å². The van der Waals surface area contributed by atoms with Crippen molar-refractivity contribution in [3.8, 4) is 0 Å². The molecule has 8 bridgehead atoms. The minimum atomic E-state index is -0.834. The van der Waals surface area contributed by atoms with E-state index in [-0.39, 0.29) is 12.8 Å². The Morgan fingerprint density at radius 1 is 0.619 bits per heavy atom. The number of fused-ring (bicyclic) bond motifs is 8. The van der Waals surface area contributed by atoms with Crippen LogP contribution in [0.4, 0.5) is 0 Å². The number of allylic oxidation sites excluding steroid dienone is 4. The van der Waals surface area contributed by atoms with Gasteiger partial charge in [0.25, 0.3) is 0 Å². The molecule has 218 valence electrons. The zero-order valence-electron chi connectivity index (χ0n) is 25.2. The molecule has 2 aliphatic rings. The number of hydrogen-bond donors (Lipinski definition) is 4. The van der Waals surface area contributed by atoms with Gasteiger partial charge in [-0.15, -0.1) is 0 Å². The molecule has 5 rings (SSSR count). The number of hydrogen-bond acceptors (Lipinski definition) is 4. The van der Waals surface area contributed by atoms with E-state index in [0.717, 1.165) is 91.1 Å². The van der Waals surface area contributed by atoms with E-state index in [4.69, 9.17) is 9.97 Å². The number of carbonyl (C=O) groups is 2. The summed E-state index contributed by atoms with van der Waals surface area (Å²) in [5.41, 5.74) is 15.4. The summed E-state index contributed by atoms with van der Waals surface area (Å²) in [6, 6.07) is 8.19. The average Bonchev–Trinajstić information content (AvgIpc) is 3.59. The lowest BCUT2D eigenvalue weighted by atomic mass is 10.00. The maximum absolute atomic E-state index is 11.5. The third-order valence-electron chi connectivity index (χ3n) is 8.69. The van der Waals surface area contributed by atoms with Crippen molar-refractivity contribution in [2.75, 3.05) is 0 Å². The van der Waals surface area contributed by atoms with Crippen molar-refractivity contribution < 1.29 is 19.8 Å². The summed E-state index contributed by atoms with van der Waals surface area (Å²) in [7, 11) is 0. The van der Waals surface area contributed by atoms with Gasteiger partial charge in [-0.05, 0) is 122 Å². The second-order valence-corrected chi connectivity index (χ2v) is 11.2. The number of carboxylic acid groups (broad SMARTS) is 2. The number of rotatable bonds is 8. The van der Waals surface area contributed by atoms with Crippen molar-refractivity contribution in [1.29, 1.82) is 0 Å². The first-order valence-electron chi connectivity index (χ1n) is 14.6. The second kappa shape index (κ2) is 11.4. The van der Waals surface area contributed by atoms with Crippen LogP contribution in [0.3, 0.4) is 0 Å². The number of aliphatic carboxylic acids is 2. The van der Waals surface area contributed by atoms with Gasteiger partial charge in [-0.2, -0.15) is 0 Å². The molecule has 3 aromatic rings. The number of H-pyrrole nitrogens is 2. The summed E-state index contributed by atoms with van der Waals surface area (Å²) >= 11 is 0. The van der Waals surface area contributed by atoms with Gasteiger partial charge in [0.2, 0.25) is 0 Å². The van der Waals surface area contributed by atoms with Gasteiger partial charge in [0.1, 0.15) is 0 Å². The number of nitrogens with zero attached hydrogens (tertiary/aromatic N) is 2. The molecule has 0 saturated heterocycles. The summed E-state index contributed by atoms with van der Waals surface area (Å²) in [6.45, 7) is 12.4. The number of aromatic nitrogens is 4. The maximum Gasteiger partial charge on any atom is 0.303 e. The molecule has 0 aliphatic carbocycles. The third kappa shape index (κ3) is 5.29. The molecule has 2 aliphatic heterocycles. The van der Waals surface area contributed by atoms with Crippen LogP contribution in [-0.2, 0) is 22.4 Å². The Kier molecular flexibility index (Phi) is 7.91. The molecule has 4 N–H and O–H groups in total. The normalized spacial score (nSPS) is 13.3. The van der Waals surface area contributed by atoms with Crippen LogP contribution in [0, 0.1) is 13.8 Å². The van der Waals surface area contributed by atoms with Crippen LogP contribution in [0.5, 0.6) is 0 Å². The fourth-order valence-electron chi connectivity index (χ4n) is 6.22. The molecule has 0 saturated carbocycles. The van der Waals surface area contributed by atoms with E-state index in [2.05, 4.69) is 49.8 Å². The van der Waals surface area contributed by atoms with Crippen LogP contribution in [0.25, 0.3) is 44.4 Å². The van der Waals surface area contributed by atoms with Crippen molar-refractivity contribution in [2.24, 2.45) is 0 Å². The Labute approximate surface area is 245 Å². The van der Waals surface area contributed by atoms with Gasteiger partial charge < -0.3 is 20.2 Å². The Morgan fingerprint density at radius 2 is 0.976 bits per heavy atom. The van der Waals surface area contributed by atoms with Gasteiger partial charge in [-0.25, -0.2) is 9.97 Å². The fourth-order valence-corrected chi connectivity index (χ4v) is 6.22. The van der Waals surface area contributed by atoms with E-state index in [1.165, 1.54) is 11.1 Å². The Hall–Kier alpha value is -4.46. The van der Waals surface area contributed by atoms with Crippen molar-refractivity contribution >= 4 is 56.3 Å². The van der Waals surface area contributed by atoms with Gasteiger partial charge >= 0.3 is 11.9 Å². The van der Waals surface area contributed by atoms with Gasteiger partial charge in [0.05, 0.1) is 22.8 Å². The number of aryl methyl sites for hydroxylation is 4. The quantitative estimate of drug-likeness (QED) is 0.221. The molecule has 0 fully saturated rings. The summed E-state index contributed by atoms with van der Waals surface area (Å²) < 4.78 is 0. The smallest absolute Gasteiger partial charge is 0.303 e. The predicted molar refractivity (Wildman–Crippen MR) is 168 cm³/mol. The second-order valence-electron chi connectivity index (χ2n) is 11.2.